The molecule has 3 fully saturated rings. The number of piperidine rings is 2. The van der Waals surface area contributed by atoms with Crippen LogP contribution in [0.4, 0.5) is 8.78 Å². The van der Waals surface area contributed by atoms with E-state index in [9.17, 15) is 13.6 Å². The van der Waals surface area contributed by atoms with Crippen molar-refractivity contribution in [1.82, 2.24) is 9.80 Å². The van der Waals surface area contributed by atoms with Crippen LogP contribution in [0.25, 0.3) is 0 Å². The van der Waals surface area contributed by atoms with Crippen molar-refractivity contribution in [2.24, 2.45) is 23.2 Å². The lowest BCUT2D eigenvalue weighted by molar-refractivity contribution is -0.166. The molecule has 1 aliphatic carbocycles. The summed E-state index contributed by atoms with van der Waals surface area (Å²) in [6.45, 7) is 10.1. The molecule has 1 spiro atoms. The zero-order valence-electron chi connectivity index (χ0n) is 16.2. The molecule has 5 heteroatoms. The molecule has 144 valence electrons. The predicted octanol–water partition coefficient (Wildman–Crippen LogP) is 4.03. The quantitative estimate of drug-likeness (QED) is 0.762. The van der Waals surface area contributed by atoms with Crippen molar-refractivity contribution in [1.29, 1.82) is 0 Å². The van der Waals surface area contributed by atoms with Crippen molar-refractivity contribution < 1.29 is 13.6 Å². The molecule has 2 saturated heterocycles. The summed E-state index contributed by atoms with van der Waals surface area (Å²) in [5.74, 6) is -2.79. The first-order valence-corrected chi connectivity index (χ1v) is 10.0. The van der Waals surface area contributed by atoms with Crippen molar-refractivity contribution in [3.05, 3.63) is 0 Å². The Labute approximate surface area is 151 Å². The molecule has 0 bridgehead atoms. The summed E-state index contributed by atoms with van der Waals surface area (Å²) in [5.41, 5.74) is 0.398. The predicted molar refractivity (Wildman–Crippen MR) is 95.6 cm³/mol. The van der Waals surface area contributed by atoms with Crippen LogP contribution < -0.4 is 0 Å². The Morgan fingerprint density at radius 3 is 2.12 bits per heavy atom. The van der Waals surface area contributed by atoms with Gasteiger partial charge in [-0.05, 0) is 69.7 Å². The normalized spacial score (nSPS) is 30.1. The molecule has 2 aliphatic heterocycles. The van der Waals surface area contributed by atoms with E-state index in [1.807, 2.05) is 13.8 Å². The molecular formula is C20H34F2N2O. The maximum atomic E-state index is 14.6. The van der Waals surface area contributed by atoms with Gasteiger partial charge in [0.25, 0.3) is 5.92 Å². The van der Waals surface area contributed by atoms with E-state index in [-0.39, 0.29) is 24.9 Å². The van der Waals surface area contributed by atoms with Crippen LogP contribution in [0.15, 0.2) is 0 Å². The van der Waals surface area contributed by atoms with Crippen molar-refractivity contribution >= 4 is 5.91 Å². The van der Waals surface area contributed by atoms with Crippen LogP contribution in [0.2, 0.25) is 0 Å². The van der Waals surface area contributed by atoms with Gasteiger partial charge < -0.3 is 4.90 Å². The average molecular weight is 357 g/mol. The number of likely N-dealkylation sites (tertiary alicyclic amines) is 2. The third kappa shape index (κ3) is 3.72. The molecule has 0 N–H and O–H groups in total. The Hall–Kier alpha value is -0.710. The minimum absolute atomic E-state index is 0.101. The Kier molecular flexibility index (Phi) is 5.18. The summed E-state index contributed by atoms with van der Waals surface area (Å²) in [4.78, 5) is 16.3. The molecular weight excluding hydrogens is 322 g/mol. The van der Waals surface area contributed by atoms with Crippen LogP contribution in [0, 0.1) is 23.2 Å². The van der Waals surface area contributed by atoms with E-state index in [4.69, 9.17) is 0 Å². The van der Waals surface area contributed by atoms with Crippen LogP contribution in [0.5, 0.6) is 0 Å². The van der Waals surface area contributed by atoms with Crippen LogP contribution in [-0.4, -0.2) is 53.9 Å². The fourth-order valence-electron chi connectivity index (χ4n) is 5.07. The smallest absolute Gasteiger partial charge is 0.272 e. The van der Waals surface area contributed by atoms with Gasteiger partial charge in [0.1, 0.15) is 5.92 Å². The number of nitrogens with zero attached hydrogens (tertiary/aromatic N) is 2. The van der Waals surface area contributed by atoms with E-state index in [0.717, 1.165) is 24.7 Å². The minimum Gasteiger partial charge on any atom is -0.342 e. The minimum atomic E-state index is -2.91. The second kappa shape index (κ2) is 6.79. The summed E-state index contributed by atoms with van der Waals surface area (Å²) >= 11 is 0. The molecule has 3 rings (SSSR count). The van der Waals surface area contributed by atoms with E-state index < -0.39 is 11.8 Å². The second-order valence-electron chi connectivity index (χ2n) is 9.40. The molecule has 1 amide bonds. The van der Waals surface area contributed by atoms with Gasteiger partial charge in [0.2, 0.25) is 5.91 Å². The lowest BCUT2D eigenvalue weighted by Gasteiger charge is -2.54. The fraction of sp³-hybridized carbons (Fsp3) is 0.950. The van der Waals surface area contributed by atoms with Gasteiger partial charge in [0.15, 0.2) is 0 Å². The molecule has 3 aliphatic rings. The third-order valence-electron chi connectivity index (χ3n) is 7.13. The van der Waals surface area contributed by atoms with E-state index in [0.29, 0.717) is 25.0 Å². The van der Waals surface area contributed by atoms with Gasteiger partial charge in [-0.15, -0.1) is 0 Å². The zero-order valence-corrected chi connectivity index (χ0v) is 16.2. The topological polar surface area (TPSA) is 23.6 Å². The number of halogens is 2. The van der Waals surface area contributed by atoms with Crippen molar-refractivity contribution in [2.45, 2.75) is 71.8 Å². The van der Waals surface area contributed by atoms with Gasteiger partial charge in [-0.25, -0.2) is 8.78 Å². The lowest BCUT2D eigenvalue weighted by atomic mass is 9.55. The zero-order chi connectivity index (χ0) is 18.4. The summed E-state index contributed by atoms with van der Waals surface area (Å²) in [7, 11) is 0. The van der Waals surface area contributed by atoms with Crippen LogP contribution in [0.1, 0.15) is 59.8 Å². The number of alkyl halides is 2. The van der Waals surface area contributed by atoms with E-state index in [1.165, 1.54) is 12.8 Å². The van der Waals surface area contributed by atoms with Crippen molar-refractivity contribution in [3.63, 3.8) is 0 Å². The second-order valence-corrected chi connectivity index (χ2v) is 9.40. The standard InChI is InChI=1S/C20H34F2N2O/c1-14(2)16-11-19(12-16)6-9-23(10-7-19)18(25)17-5-8-24(15(3)4)13-20(17,21)22/h14-17H,5-13H2,1-4H3. The number of hydrogen-bond acceptors (Lipinski definition) is 2. The molecule has 2 heterocycles. The van der Waals surface area contributed by atoms with Gasteiger partial charge in [0.05, 0.1) is 6.54 Å². The van der Waals surface area contributed by atoms with Crippen LogP contribution in [0.3, 0.4) is 0 Å². The molecule has 0 radical (unpaired) electrons. The van der Waals surface area contributed by atoms with Gasteiger partial charge in [-0.2, -0.15) is 0 Å². The van der Waals surface area contributed by atoms with E-state index >= 15 is 0 Å². The van der Waals surface area contributed by atoms with Gasteiger partial charge in [-0.1, -0.05) is 13.8 Å². The number of carbonyl (C=O) groups excluding carboxylic acids is 1. The first kappa shape index (κ1) is 19.1. The third-order valence-corrected chi connectivity index (χ3v) is 7.13. The molecule has 0 aromatic rings. The Bertz CT molecular complexity index is 490. The Morgan fingerprint density at radius 1 is 1.04 bits per heavy atom. The van der Waals surface area contributed by atoms with E-state index in [1.54, 1.807) is 9.80 Å². The van der Waals surface area contributed by atoms with Crippen molar-refractivity contribution in [2.75, 3.05) is 26.2 Å². The monoisotopic (exact) mass is 356 g/mol. The Balaban J connectivity index is 1.55. The SMILES string of the molecule is CC(C)C1CC2(CCN(C(=O)C3CCN(C(C)C)CC3(F)F)CC2)C1. The molecule has 25 heavy (non-hydrogen) atoms. The largest absolute Gasteiger partial charge is 0.342 e. The Morgan fingerprint density at radius 2 is 1.64 bits per heavy atom. The highest BCUT2D eigenvalue weighted by Crippen LogP contribution is 2.55. The van der Waals surface area contributed by atoms with Gasteiger partial charge >= 0.3 is 0 Å². The fourth-order valence-corrected chi connectivity index (χ4v) is 5.07. The molecule has 0 aromatic carbocycles. The summed E-state index contributed by atoms with van der Waals surface area (Å²) in [6, 6.07) is 0.101. The lowest BCUT2D eigenvalue weighted by Crippen LogP contribution is -2.57. The first-order chi connectivity index (χ1) is 11.6. The highest BCUT2D eigenvalue weighted by atomic mass is 19.3. The number of rotatable bonds is 3. The first-order valence-electron chi connectivity index (χ1n) is 10.0. The number of amides is 1. The highest BCUT2D eigenvalue weighted by molar-refractivity contribution is 5.80. The van der Waals surface area contributed by atoms with Gasteiger partial charge in [-0.3, -0.25) is 9.69 Å². The molecule has 1 atom stereocenters. The summed E-state index contributed by atoms with van der Waals surface area (Å²) < 4.78 is 29.1. The maximum absolute atomic E-state index is 14.6. The number of hydrogen-bond donors (Lipinski definition) is 0. The molecule has 3 nitrogen and oxygen atoms in total. The van der Waals surface area contributed by atoms with E-state index in [2.05, 4.69) is 13.8 Å². The number of carbonyl (C=O) groups is 1. The molecule has 0 aromatic heterocycles. The summed E-state index contributed by atoms with van der Waals surface area (Å²) in [6.07, 6.45) is 4.79. The van der Waals surface area contributed by atoms with Crippen LogP contribution in [-0.2, 0) is 4.79 Å². The average Bonchev–Trinajstić information content (AvgIpc) is 2.50. The van der Waals surface area contributed by atoms with Gasteiger partial charge in [0, 0.05) is 19.1 Å². The molecule has 1 saturated carbocycles. The maximum Gasteiger partial charge on any atom is 0.272 e. The van der Waals surface area contributed by atoms with Crippen molar-refractivity contribution in [3.8, 4) is 0 Å². The highest BCUT2D eigenvalue weighted by Gasteiger charge is 2.52. The van der Waals surface area contributed by atoms with Crippen LogP contribution >= 0.6 is 0 Å². The molecule has 1 unspecified atom stereocenters. The summed E-state index contributed by atoms with van der Waals surface area (Å²) in [5, 5.41) is 0.